The van der Waals surface area contributed by atoms with E-state index in [1.807, 2.05) is 41.5 Å². The van der Waals surface area contributed by atoms with E-state index in [2.05, 4.69) is 0 Å². The molecule has 48 heavy (non-hydrogen) atoms. The van der Waals surface area contributed by atoms with Gasteiger partial charge in [-0.05, 0) is 83.0 Å². The average molecular weight is 701 g/mol. The van der Waals surface area contributed by atoms with Gasteiger partial charge in [0, 0.05) is 0 Å². The van der Waals surface area contributed by atoms with Crippen molar-refractivity contribution in [1.82, 2.24) is 8.61 Å². The largest absolute Gasteiger partial charge is 0.367 e. The van der Waals surface area contributed by atoms with Gasteiger partial charge in [-0.3, -0.25) is 0 Å². The minimum absolute atomic E-state index is 0.0366. The molecule has 0 amide bonds. The van der Waals surface area contributed by atoms with Crippen molar-refractivity contribution in [2.24, 2.45) is 0 Å². The number of aliphatic hydroxyl groups is 4. The molecule has 0 spiro atoms. The van der Waals surface area contributed by atoms with Crippen LogP contribution in [0.3, 0.4) is 0 Å². The molecular weight excluding hydrogens is 653 g/mol. The predicted molar refractivity (Wildman–Crippen MR) is 183 cm³/mol. The summed E-state index contributed by atoms with van der Waals surface area (Å²) in [5.41, 5.74) is 2.68. The molecule has 0 aromatic heterocycles. The number of aliphatic hydroxyl groups excluding tert-OH is 2. The van der Waals surface area contributed by atoms with Crippen LogP contribution in [-0.4, -0.2) is 70.5 Å². The predicted octanol–water partition coefficient (Wildman–Crippen LogP) is 4.69. The molecule has 0 unspecified atom stereocenters. The van der Waals surface area contributed by atoms with Gasteiger partial charge >= 0.3 is 0 Å². The molecule has 2 aliphatic rings. The summed E-state index contributed by atoms with van der Waals surface area (Å²) in [5.74, 6) is 0. The summed E-state index contributed by atoms with van der Waals surface area (Å²) in [6.07, 6.45) is -2.77. The quantitative estimate of drug-likeness (QED) is 0.247. The van der Waals surface area contributed by atoms with E-state index in [0.29, 0.717) is 24.0 Å². The third-order valence-electron chi connectivity index (χ3n) is 9.70. The SMILES string of the molecule is CC(C)(C)c1ccc(S(=O)(=O)N2[C@@H](c3cccc([C@H]4CC[C@@H](C(O)O)N4S(=O)(=O)c4ccc(C(C)(C)C)cc4)c3)CC[C@H]2C(O)O)cc1. The van der Waals surface area contributed by atoms with Crippen LogP contribution >= 0.6 is 0 Å². The summed E-state index contributed by atoms with van der Waals surface area (Å²) in [6, 6.07) is 16.5. The van der Waals surface area contributed by atoms with Crippen molar-refractivity contribution in [1.29, 1.82) is 0 Å². The fourth-order valence-corrected chi connectivity index (χ4v) is 10.7. The Morgan fingerprint density at radius 2 is 0.896 bits per heavy atom. The molecule has 10 nitrogen and oxygen atoms in total. The molecule has 2 fully saturated rings. The van der Waals surface area contributed by atoms with E-state index in [9.17, 15) is 37.3 Å². The lowest BCUT2D eigenvalue weighted by molar-refractivity contribution is -0.0798. The van der Waals surface area contributed by atoms with Gasteiger partial charge in [-0.25, -0.2) is 16.8 Å². The van der Waals surface area contributed by atoms with Gasteiger partial charge in [0.15, 0.2) is 12.6 Å². The monoisotopic (exact) mass is 700 g/mol. The number of hydrogen-bond acceptors (Lipinski definition) is 8. The number of nitrogens with zero attached hydrogens (tertiary/aromatic N) is 2. The summed E-state index contributed by atoms with van der Waals surface area (Å²) in [6.45, 7) is 12.2. The minimum atomic E-state index is -4.19. The number of sulfonamides is 2. The zero-order valence-electron chi connectivity index (χ0n) is 28.4. The molecule has 4 atom stereocenters. The highest BCUT2D eigenvalue weighted by atomic mass is 32.2. The second-order valence-corrected chi connectivity index (χ2v) is 18.7. The Morgan fingerprint density at radius 3 is 1.19 bits per heavy atom. The highest BCUT2D eigenvalue weighted by Gasteiger charge is 2.48. The molecule has 4 N–H and O–H groups in total. The smallest absolute Gasteiger partial charge is 0.244 e. The van der Waals surface area contributed by atoms with Gasteiger partial charge in [-0.15, -0.1) is 0 Å². The molecule has 5 rings (SSSR count). The number of benzene rings is 3. The molecule has 3 aromatic rings. The van der Waals surface area contributed by atoms with Crippen molar-refractivity contribution in [3.8, 4) is 0 Å². The second kappa shape index (κ2) is 13.2. The van der Waals surface area contributed by atoms with Gasteiger partial charge < -0.3 is 20.4 Å². The summed E-state index contributed by atoms with van der Waals surface area (Å²) < 4.78 is 58.9. The molecule has 2 aliphatic heterocycles. The maximum Gasteiger partial charge on any atom is 0.244 e. The first-order valence-corrected chi connectivity index (χ1v) is 19.2. The van der Waals surface area contributed by atoms with E-state index in [0.717, 1.165) is 11.1 Å². The van der Waals surface area contributed by atoms with Crippen molar-refractivity contribution < 1.29 is 37.3 Å². The Hall–Kier alpha value is -2.68. The van der Waals surface area contributed by atoms with Gasteiger partial charge in [-0.2, -0.15) is 8.61 Å². The summed E-state index contributed by atoms with van der Waals surface area (Å²) in [4.78, 5) is 0.0732. The molecule has 3 aromatic carbocycles. The van der Waals surface area contributed by atoms with Gasteiger partial charge in [0.2, 0.25) is 20.0 Å². The Kier molecular flexibility index (Phi) is 10.1. The number of hydrogen-bond donors (Lipinski definition) is 4. The highest BCUT2D eigenvalue weighted by Crippen LogP contribution is 2.45. The Morgan fingerprint density at radius 1 is 0.562 bits per heavy atom. The van der Waals surface area contributed by atoms with Crippen LogP contribution in [0.1, 0.15) is 102 Å². The Balaban J connectivity index is 1.52. The zero-order chi connectivity index (χ0) is 35.4. The van der Waals surface area contributed by atoms with Crippen LogP contribution in [0.4, 0.5) is 0 Å². The lowest BCUT2D eigenvalue weighted by Gasteiger charge is -2.32. The molecular formula is C36H48N2O8S2. The molecule has 0 aliphatic carbocycles. The topological polar surface area (TPSA) is 156 Å². The van der Waals surface area contributed by atoms with Crippen LogP contribution in [0.15, 0.2) is 82.6 Å². The fraction of sp³-hybridized carbons (Fsp3) is 0.500. The van der Waals surface area contributed by atoms with Crippen molar-refractivity contribution >= 4 is 20.0 Å². The Bertz CT molecular complexity index is 1680. The van der Waals surface area contributed by atoms with Crippen LogP contribution in [0, 0.1) is 0 Å². The fourth-order valence-electron chi connectivity index (χ4n) is 6.98. The van der Waals surface area contributed by atoms with E-state index in [-0.39, 0.29) is 33.5 Å². The summed E-state index contributed by atoms with van der Waals surface area (Å²) in [7, 11) is -8.38. The summed E-state index contributed by atoms with van der Waals surface area (Å²) >= 11 is 0. The van der Waals surface area contributed by atoms with E-state index < -0.39 is 56.8 Å². The van der Waals surface area contributed by atoms with Gasteiger partial charge in [0.05, 0.1) is 34.0 Å². The maximum absolute atomic E-state index is 14.1. The third-order valence-corrected chi connectivity index (χ3v) is 13.6. The second-order valence-electron chi connectivity index (χ2n) is 15.0. The molecule has 262 valence electrons. The Labute approximate surface area is 284 Å². The molecule has 0 radical (unpaired) electrons. The van der Waals surface area contributed by atoms with Gasteiger partial charge in [0.25, 0.3) is 0 Å². The van der Waals surface area contributed by atoms with Gasteiger partial charge in [0.1, 0.15) is 0 Å². The van der Waals surface area contributed by atoms with Crippen molar-refractivity contribution in [3.05, 3.63) is 95.1 Å². The van der Waals surface area contributed by atoms with E-state index in [1.165, 1.54) is 32.9 Å². The van der Waals surface area contributed by atoms with Crippen LogP contribution in [0.5, 0.6) is 0 Å². The zero-order valence-corrected chi connectivity index (χ0v) is 30.0. The van der Waals surface area contributed by atoms with E-state index >= 15 is 0 Å². The molecule has 0 saturated carbocycles. The normalized spacial score (nSPS) is 23.4. The summed E-state index contributed by atoms with van der Waals surface area (Å²) in [5, 5.41) is 41.1. The van der Waals surface area contributed by atoms with Crippen molar-refractivity contribution in [3.63, 3.8) is 0 Å². The van der Waals surface area contributed by atoms with E-state index in [1.54, 1.807) is 48.5 Å². The van der Waals surface area contributed by atoms with Crippen LogP contribution in [-0.2, 0) is 30.9 Å². The lowest BCUT2D eigenvalue weighted by Crippen LogP contribution is -2.44. The number of rotatable bonds is 8. The maximum atomic E-state index is 14.1. The van der Waals surface area contributed by atoms with Crippen LogP contribution in [0.2, 0.25) is 0 Å². The van der Waals surface area contributed by atoms with Crippen molar-refractivity contribution in [2.45, 2.75) is 125 Å². The molecule has 2 heterocycles. The first-order valence-electron chi connectivity index (χ1n) is 16.3. The van der Waals surface area contributed by atoms with E-state index in [4.69, 9.17) is 0 Å². The van der Waals surface area contributed by atoms with Gasteiger partial charge in [-0.1, -0.05) is 90.1 Å². The first kappa shape index (κ1) is 36.6. The first-order chi connectivity index (χ1) is 22.2. The van der Waals surface area contributed by atoms with Crippen LogP contribution in [0.25, 0.3) is 0 Å². The molecule has 2 saturated heterocycles. The standard InChI is InChI=1S/C36H48N2O8S2/c1-35(2,3)25-10-14-27(15-11-25)47(43,44)37-29(18-20-31(37)33(39)40)23-8-7-9-24(22-23)30-19-21-32(34(41)42)38(30)48(45,46)28-16-12-26(13-17-28)36(4,5)6/h7-17,22,29-34,39-42H,18-21H2,1-6H3/t29-,30-,31+,32+/m1/s1. The minimum Gasteiger partial charge on any atom is -0.367 e. The van der Waals surface area contributed by atoms with Crippen molar-refractivity contribution in [2.75, 3.05) is 0 Å². The molecule has 0 bridgehead atoms. The third kappa shape index (κ3) is 6.99. The highest BCUT2D eigenvalue weighted by molar-refractivity contribution is 7.89. The van der Waals surface area contributed by atoms with Crippen LogP contribution < -0.4 is 0 Å². The molecule has 12 heteroatoms. The average Bonchev–Trinajstić information content (AvgIpc) is 3.67. The lowest BCUT2D eigenvalue weighted by atomic mass is 9.87.